The number of benzene rings is 2. The number of methoxy groups -OCH3 is 1. The van der Waals surface area contributed by atoms with E-state index in [1.807, 2.05) is 0 Å². The van der Waals surface area contributed by atoms with Gasteiger partial charge < -0.3 is 34.6 Å². The van der Waals surface area contributed by atoms with Gasteiger partial charge in [0.05, 0.1) is 7.11 Å². The van der Waals surface area contributed by atoms with E-state index < -0.39 is 36.7 Å². The highest BCUT2D eigenvalue weighted by molar-refractivity contribution is 6.06. The van der Waals surface area contributed by atoms with Crippen LogP contribution in [-0.2, 0) is 9.53 Å². The highest BCUT2D eigenvalue weighted by Gasteiger charge is 2.48. The Hall–Kier alpha value is -3.24. The molecule has 2 aromatic carbocycles. The molecule has 0 radical (unpaired) electrons. The lowest BCUT2D eigenvalue weighted by Crippen LogP contribution is -2.61. The van der Waals surface area contributed by atoms with Crippen LogP contribution in [0, 0.1) is 0 Å². The molecule has 1 aliphatic rings. The molecule has 0 spiro atoms. The molecule has 4 N–H and O–H groups in total. The van der Waals surface area contributed by atoms with Crippen molar-refractivity contribution in [3.8, 4) is 11.5 Å². The summed E-state index contributed by atoms with van der Waals surface area (Å²) in [6, 6.07) is 13.0. The fourth-order valence-electron chi connectivity index (χ4n) is 2.96. The number of ether oxygens (including phenoxy) is 3. The SMILES string of the molecule is COc1ccc(C(=O)/C=C/c2ccc(OC3OC(C(=O)O)C(O)C(O)C3O)cc2)cc1. The lowest BCUT2D eigenvalue weighted by atomic mass is 9.99. The van der Waals surface area contributed by atoms with E-state index in [1.165, 1.54) is 18.2 Å². The minimum atomic E-state index is -1.79. The van der Waals surface area contributed by atoms with Crippen LogP contribution in [-0.4, -0.2) is 70.0 Å². The van der Waals surface area contributed by atoms with Crippen LogP contribution < -0.4 is 9.47 Å². The quantitative estimate of drug-likeness (QED) is 0.371. The highest BCUT2D eigenvalue weighted by atomic mass is 16.7. The Morgan fingerprint density at radius 3 is 2.10 bits per heavy atom. The van der Waals surface area contributed by atoms with Gasteiger partial charge in [-0.05, 0) is 48.0 Å². The molecule has 164 valence electrons. The molecule has 31 heavy (non-hydrogen) atoms. The number of hydrogen-bond acceptors (Lipinski definition) is 8. The van der Waals surface area contributed by atoms with Gasteiger partial charge in [0.1, 0.15) is 29.8 Å². The van der Waals surface area contributed by atoms with E-state index in [2.05, 4.69) is 0 Å². The summed E-state index contributed by atoms with van der Waals surface area (Å²) in [5.74, 6) is -0.793. The number of carboxylic acids is 1. The molecule has 1 saturated heterocycles. The lowest BCUT2D eigenvalue weighted by Gasteiger charge is -2.38. The van der Waals surface area contributed by atoms with Crippen molar-refractivity contribution in [1.29, 1.82) is 0 Å². The van der Waals surface area contributed by atoms with E-state index in [0.717, 1.165) is 0 Å². The molecular formula is C22H22O9. The molecule has 1 aliphatic heterocycles. The minimum Gasteiger partial charge on any atom is -0.497 e. The number of carboxylic acid groups (broad SMARTS) is 1. The van der Waals surface area contributed by atoms with Gasteiger partial charge in [-0.1, -0.05) is 18.2 Å². The van der Waals surface area contributed by atoms with Crippen molar-refractivity contribution in [2.45, 2.75) is 30.7 Å². The van der Waals surface area contributed by atoms with Crippen molar-refractivity contribution in [1.82, 2.24) is 0 Å². The number of rotatable bonds is 7. The van der Waals surface area contributed by atoms with Crippen LogP contribution in [0.4, 0.5) is 0 Å². The van der Waals surface area contributed by atoms with Crippen molar-refractivity contribution in [2.24, 2.45) is 0 Å². The standard InChI is InChI=1S/C22H22O9/c1-29-14-9-5-13(6-10-14)16(23)11-4-12-2-7-15(8-3-12)30-22-19(26)17(24)18(25)20(31-22)21(27)28/h2-11,17-20,22,24-26H,1H3,(H,27,28)/b11-4+. The first-order valence-electron chi connectivity index (χ1n) is 9.36. The van der Waals surface area contributed by atoms with E-state index in [9.17, 15) is 24.9 Å². The Bertz CT molecular complexity index is 936. The van der Waals surface area contributed by atoms with E-state index in [0.29, 0.717) is 16.9 Å². The molecule has 5 unspecified atom stereocenters. The maximum Gasteiger partial charge on any atom is 0.335 e. The summed E-state index contributed by atoms with van der Waals surface area (Å²) in [5, 5.41) is 38.6. The third-order valence-corrected chi connectivity index (χ3v) is 4.75. The third kappa shape index (κ3) is 5.28. The number of carbonyl (C=O) groups is 2. The molecule has 9 nitrogen and oxygen atoms in total. The molecule has 1 heterocycles. The first kappa shape index (κ1) is 22.4. The van der Waals surface area contributed by atoms with Gasteiger partial charge in [-0.25, -0.2) is 4.79 Å². The zero-order valence-corrected chi connectivity index (χ0v) is 16.5. The van der Waals surface area contributed by atoms with Crippen LogP contribution in [0.3, 0.4) is 0 Å². The Balaban J connectivity index is 1.63. The fraction of sp³-hybridized carbons (Fsp3) is 0.273. The average Bonchev–Trinajstić information content (AvgIpc) is 2.78. The number of ketones is 1. The first-order valence-corrected chi connectivity index (χ1v) is 9.36. The number of aliphatic carboxylic acids is 1. The Kier molecular flexibility index (Phi) is 7.03. The van der Waals surface area contributed by atoms with Gasteiger partial charge in [0, 0.05) is 5.56 Å². The topological polar surface area (TPSA) is 143 Å². The highest BCUT2D eigenvalue weighted by Crippen LogP contribution is 2.25. The summed E-state index contributed by atoms with van der Waals surface area (Å²) >= 11 is 0. The maximum absolute atomic E-state index is 12.2. The van der Waals surface area contributed by atoms with Crippen molar-refractivity contribution < 1.29 is 44.2 Å². The van der Waals surface area contributed by atoms with Crippen LogP contribution in [0.15, 0.2) is 54.6 Å². The normalized spacial score (nSPS) is 25.9. The van der Waals surface area contributed by atoms with Crippen LogP contribution in [0.5, 0.6) is 11.5 Å². The second kappa shape index (κ2) is 9.71. The summed E-state index contributed by atoms with van der Waals surface area (Å²) in [7, 11) is 1.54. The van der Waals surface area contributed by atoms with E-state index in [4.69, 9.17) is 19.3 Å². The fourth-order valence-corrected chi connectivity index (χ4v) is 2.96. The van der Waals surface area contributed by atoms with Gasteiger partial charge in [-0.2, -0.15) is 0 Å². The zero-order chi connectivity index (χ0) is 22.5. The van der Waals surface area contributed by atoms with Crippen molar-refractivity contribution in [3.05, 3.63) is 65.7 Å². The van der Waals surface area contributed by atoms with E-state index >= 15 is 0 Å². The van der Waals surface area contributed by atoms with Crippen LogP contribution in [0.1, 0.15) is 15.9 Å². The molecule has 9 heteroatoms. The number of carbonyl (C=O) groups excluding carboxylic acids is 1. The van der Waals surface area contributed by atoms with Crippen molar-refractivity contribution in [3.63, 3.8) is 0 Å². The molecular weight excluding hydrogens is 408 g/mol. The molecule has 0 bridgehead atoms. The Morgan fingerprint density at radius 2 is 1.52 bits per heavy atom. The minimum absolute atomic E-state index is 0.186. The number of aliphatic hydroxyl groups is 3. The summed E-state index contributed by atoms with van der Waals surface area (Å²) < 4.78 is 15.6. The summed E-state index contributed by atoms with van der Waals surface area (Å²) in [4.78, 5) is 23.4. The molecule has 3 rings (SSSR count). The van der Waals surface area contributed by atoms with Crippen LogP contribution in [0.2, 0.25) is 0 Å². The van der Waals surface area contributed by atoms with Gasteiger partial charge in [0.25, 0.3) is 0 Å². The molecule has 0 amide bonds. The maximum atomic E-state index is 12.2. The van der Waals surface area contributed by atoms with Crippen LogP contribution >= 0.6 is 0 Å². The van der Waals surface area contributed by atoms with Crippen molar-refractivity contribution >= 4 is 17.8 Å². The van der Waals surface area contributed by atoms with E-state index in [1.54, 1.807) is 49.6 Å². The molecule has 5 atom stereocenters. The smallest absolute Gasteiger partial charge is 0.335 e. The third-order valence-electron chi connectivity index (χ3n) is 4.75. The first-order chi connectivity index (χ1) is 14.8. The lowest BCUT2D eigenvalue weighted by molar-refractivity contribution is -0.271. The number of allylic oxidation sites excluding steroid dienone is 1. The van der Waals surface area contributed by atoms with Gasteiger partial charge in [-0.15, -0.1) is 0 Å². The van der Waals surface area contributed by atoms with E-state index in [-0.39, 0.29) is 11.5 Å². The predicted molar refractivity (Wildman–Crippen MR) is 108 cm³/mol. The van der Waals surface area contributed by atoms with Gasteiger partial charge in [-0.3, -0.25) is 4.79 Å². The molecule has 0 aliphatic carbocycles. The van der Waals surface area contributed by atoms with Crippen LogP contribution in [0.25, 0.3) is 6.08 Å². The summed E-state index contributed by atoms with van der Waals surface area (Å²) in [6.07, 6.45) is -5.38. The van der Waals surface area contributed by atoms with Gasteiger partial charge in [0.2, 0.25) is 6.29 Å². The molecule has 1 fully saturated rings. The Labute approximate surface area is 177 Å². The molecule has 0 saturated carbocycles. The zero-order valence-electron chi connectivity index (χ0n) is 16.5. The predicted octanol–water partition coefficient (Wildman–Crippen LogP) is 0.862. The molecule has 2 aromatic rings. The number of hydrogen-bond donors (Lipinski definition) is 4. The summed E-state index contributed by atoms with van der Waals surface area (Å²) in [5.41, 5.74) is 1.20. The van der Waals surface area contributed by atoms with Crippen molar-refractivity contribution in [2.75, 3.05) is 7.11 Å². The summed E-state index contributed by atoms with van der Waals surface area (Å²) in [6.45, 7) is 0. The second-order valence-corrected chi connectivity index (χ2v) is 6.85. The molecule has 0 aromatic heterocycles. The number of aliphatic hydroxyl groups excluding tert-OH is 3. The van der Waals surface area contributed by atoms with Gasteiger partial charge in [0.15, 0.2) is 11.9 Å². The largest absolute Gasteiger partial charge is 0.497 e. The van der Waals surface area contributed by atoms with Gasteiger partial charge >= 0.3 is 5.97 Å². The second-order valence-electron chi connectivity index (χ2n) is 6.85. The average molecular weight is 430 g/mol. The Morgan fingerprint density at radius 1 is 0.903 bits per heavy atom. The monoisotopic (exact) mass is 430 g/mol.